The van der Waals surface area contributed by atoms with E-state index in [1.165, 1.54) is 25.7 Å². The van der Waals surface area contributed by atoms with Crippen molar-refractivity contribution in [1.82, 2.24) is 0 Å². The van der Waals surface area contributed by atoms with Crippen molar-refractivity contribution in [3.05, 3.63) is 12.7 Å². The van der Waals surface area contributed by atoms with Gasteiger partial charge in [0.1, 0.15) is 10.5 Å². The summed E-state index contributed by atoms with van der Waals surface area (Å²) in [6.45, 7) is 3.69. The Morgan fingerprint density at radius 1 is 1.70 bits per heavy atom. The molecule has 2 atom stereocenters. The van der Waals surface area contributed by atoms with E-state index in [0.29, 0.717) is 6.10 Å². The molecule has 2 heteroatoms. The average molecular weight is 156 g/mol. The first-order chi connectivity index (χ1) is 4.88. The quantitative estimate of drug-likeness (QED) is 0.328. The van der Waals surface area contributed by atoms with Crippen LogP contribution in [-0.4, -0.2) is 16.6 Å². The van der Waals surface area contributed by atoms with Crippen molar-refractivity contribution in [2.24, 2.45) is 5.92 Å². The van der Waals surface area contributed by atoms with Crippen molar-refractivity contribution >= 4 is 10.5 Å². The normalized spacial score (nSPS) is 30.4. The summed E-state index contributed by atoms with van der Waals surface area (Å²) < 4.78 is 5.32. The average Bonchev–Trinajstić information content (AvgIpc) is 2.68. The summed E-state index contributed by atoms with van der Waals surface area (Å²) in [6, 6.07) is 0. The zero-order chi connectivity index (χ0) is 7.40. The lowest BCUT2D eigenvalue weighted by atomic mass is 10.2. The van der Waals surface area contributed by atoms with Crippen LogP contribution in [-0.2, 0) is 4.43 Å². The molecule has 0 aromatic rings. The van der Waals surface area contributed by atoms with Crippen LogP contribution in [0.2, 0.25) is 0 Å². The molecule has 0 spiro atoms. The highest BCUT2D eigenvalue weighted by Crippen LogP contribution is 2.37. The Balaban J connectivity index is 1.91. The predicted octanol–water partition coefficient (Wildman–Crippen LogP) is 1.03. The molecule has 0 radical (unpaired) electrons. The van der Waals surface area contributed by atoms with Crippen LogP contribution in [0.15, 0.2) is 12.7 Å². The highest BCUT2D eigenvalue weighted by atomic mass is 28.2. The van der Waals surface area contributed by atoms with Crippen molar-refractivity contribution in [3.63, 3.8) is 0 Å². The van der Waals surface area contributed by atoms with Crippen LogP contribution in [0.1, 0.15) is 25.7 Å². The van der Waals surface area contributed by atoms with Crippen LogP contribution in [0, 0.1) is 5.92 Å². The van der Waals surface area contributed by atoms with Gasteiger partial charge in [0.15, 0.2) is 0 Å². The molecule has 1 nitrogen and oxygen atoms in total. The van der Waals surface area contributed by atoms with Crippen LogP contribution < -0.4 is 0 Å². The molecule has 10 heavy (non-hydrogen) atoms. The summed E-state index contributed by atoms with van der Waals surface area (Å²) in [6.07, 6.45) is 7.79. The van der Waals surface area contributed by atoms with E-state index < -0.39 is 0 Å². The molecule has 1 fully saturated rings. The van der Waals surface area contributed by atoms with Gasteiger partial charge in [-0.25, -0.2) is 0 Å². The lowest BCUT2D eigenvalue weighted by Crippen LogP contribution is -1.91. The molecule has 0 bridgehead atoms. The smallest absolute Gasteiger partial charge is 0.146 e. The predicted molar refractivity (Wildman–Crippen MR) is 47.0 cm³/mol. The molecule has 1 aliphatic carbocycles. The van der Waals surface area contributed by atoms with E-state index in [9.17, 15) is 0 Å². The number of rotatable bonds is 5. The van der Waals surface area contributed by atoms with Crippen LogP contribution in [0.4, 0.5) is 0 Å². The lowest BCUT2D eigenvalue weighted by Gasteiger charge is -1.95. The molecule has 1 saturated carbocycles. The van der Waals surface area contributed by atoms with Crippen molar-refractivity contribution in [1.29, 1.82) is 0 Å². The molecule has 0 aromatic carbocycles. The summed E-state index contributed by atoms with van der Waals surface area (Å²) in [5, 5.41) is 0. The minimum Gasteiger partial charge on any atom is -0.425 e. The summed E-state index contributed by atoms with van der Waals surface area (Å²) in [5.41, 5.74) is 0. The van der Waals surface area contributed by atoms with Crippen LogP contribution in [0.3, 0.4) is 0 Å². The van der Waals surface area contributed by atoms with Gasteiger partial charge >= 0.3 is 0 Å². The first-order valence-electron chi connectivity index (χ1n) is 4.02. The zero-order valence-corrected chi connectivity index (χ0v) is 8.68. The molecule has 0 unspecified atom stereocenters. The minimum absolute atomic E-state index is 0.650. The molecule has 0 aromatic heterocycles. The largest absolute Gasteiger partial charge is 0.425 e. The van der Waals surface area contributed by atoms with Crippen molar-refractivity contribution in [2.75, 3.05) is 0 Å². The number of hydrogen-bond acceptors (Lipinski definition) is 1. The topological polar surface area (TPSA) is 9.23 Å². The van der Waals surface area contributed by atoms with E-state index in [4.69, 9.17) is 4.43 Å². The Bertz CT molecular complexity index is 114. The van der Waals surface area contributed by atoms with Crippen molar-refractivity contribution in [3.8, 4) is 0 Å². The molecule has 0 heterocycles. The van der Waals surface area contributed by atoms with Crippen LogP contribution in [0.25, 0.3) is 0 Å². The van der Waals surface area contributed by atoms with E-state index in [-0.39, 0.29) is 0 Å². The highest BCUT2D eigenvalue weighted by molar-refractivity contribution is 5.98. The molecule has 1 aliphatic rings. The number of allylic oxidation sites excluding steroid dienone is 1. The second kappa shape index (κ2) is 3.94. The second-order valence-corrected chi connectivity index (χ2v) is 3.46. The summed E-state index contributed by atoms with van der Waals surface area (Å²) in [4.78, 5) is 0. The molecular formula is C8H16OSi. The molecule has 58 valence electrons. The van der Waals surface area contributed by atoms with Crippen molar-refractivity contribution < 1.29 is 4.43 Å². The van der Waals surface area contributed by atoms with E-state index in [2.05, 4.69) is 6.58 Å². The zero-order valence-electron chi connectivity index (χ0n) is 6.68. The van der Waals surface area contributed by atoms with Gasteiger partial charge in [0.2, 0.25) is 0 Å². The van der Waals surface area contributed by atoms with Gasteiger partial charge < -0.3 is 4.43 Å². The Morgan fingerprint density at radius 2 is 2.50 bits per heavy atom. The third-order valence-electron chi connectivity index (χ3n) is 2.14. The van der Waals surface area contributed by atoms with E-state index >= 15 is 0 Å². The SMILES string of the molecule is C=CCCC[C@@H]1C[C@H]1O[SiH3]. The third-order valence-corrected chi connectivity index (χ3v) is 2.75. The maximum atomic E-state index is 5.32. The van der Waals surface area contributed by atoms with Gasteiger partial charge in [-0.05, 0) is 31.6 Å². The first-order valence-corrected chi connectivity index (χ1v) is 4.84. The summed E-state index contributed by atoms with van der Waals surface area (Å²) in [7, 11) is 0.914. The number of unbranched alkanes of at least 4 members (excludes halogenated alkanes) is 1. The van der Waals surface area contributed by atoms with Gasteiger partial charge in [0, 0.05) is 6.10 Å². The van der Waals surface area contributed by atoms with Gasteiger partial charge in [-0.3, -0.25) is 0 Å². The first kappa shape index (κ1) is 8.02. The molecule has 0 N–H and O–H groups in total. The number of hydrogen-bond donors (Lipinski definition) is 0. The van der Waals surface area contributed by atoms with Crippen LogP contribution >= 0.6 is 0 Å². The Hall–Kier alpha value is -0.0831. The minimum atomic E-state index is 0.650. The Morgan fingerprint density at radius 3 is 3.00 bits per heavy atom. The Kier molecular flexibility index (Phi) is 3.16. The maximum absolute atomic E-state index is 5.32. The third kappa shape index (κ3) is 2.27. The van der Waals surface area contributed by atoms with Gasteiger partial charge in [-0.2, -0.15) is 0 Å². The van der Waals surface area contributed by atoms with E-state index in [0.717, 1.165) is 16.4 Å². The Labute approximate surface area is 66.0 Å². The molecule has 0 saturated heterocycles. The summed E-state index contributed by atoms with van der Waals surface area (Å²) >= 11 is 0. The van der Waals surface area contributed by atoms with Gasteiger partial charge in [-0.15, -0.1) is 6.58 Å². The molecule has 0 amide bonds. The van der Waals surface area contributed by atoms with Gasteiger partial charge in [-0.1, -0.05) is 6.08 Å². The van der Waals surface area contributed by atoms with Gasteiger partial charge in [0.05, 0.1) is 0 Å². The summed E-state index contributed by atoms with van der Waals surface area (Å²) in [5.74, 6) is 0.900. The van der Waals surface area contributed by atoms with Crippen LogP contribution in [0.5, 0.6) is 0 Å². The van der Waals surface area contributed by atoms with Gasteiger partial charge in [0.25, 0.3) is 0 Å². The van der Waals surface area contributed by atoms with E-state index in [1.54, 1.807) is 0 Å². The molecule has 1 rings (SSSR count). The second-order valence-electron chi connectivity index (χ2n) is 2.99. The fourth-order valence-corrected chi connectivity index (χ4v) is 1.91. The lowest BCUT2D eigenvalue weighted by molar-refractivity contribution is 0.308. The standard InChI is InChI=1S/C8H16OSi/c1-2-3-4-5-7-6-8(7)9-10/h2,7-8H,1,3-6H2,10H3/t7-,8-/m1/s1. The fourth-order valence-electron chi connectivity index (χ4n) is 1.34. The van der Waals surface area contributed by atoms with Crippen molar-refractivity contribution in [2.45, 2.75) is 31.8 Å². The molecule has 0 aliphatic heterocycles. The van der Waals surface area contributed by atoms with E-state index in [1.807, 2.05) is 6.08 Å². The fraction of sp³-hybridized carbons (Fsp3) is 0.750. The maximum Gasteiger partial charge on any atom is 0.146 e. The molecular weight excluding hydrogens is 140 g/mol. The highest BCUT2D eigenvalue weighted by Gasteiger charge is 2.35. The monoisotopic (exact) mass is 156 g/mol.